The number of hydrogen-bond donors (Lipinski definition) is 0. The van der Waals surface area contributed by atoms with E-state index in [9.17, 15) is 4.79 Å². The van der Waals surface area contributed by atoms with Crippen LogP contribution in [0.3, 0.4) is 0 Å². The van der Waals surface area contributed by atoms with Crippen LogP contribution in [0.2, 0.25) is 0 Å². The van der Waals surface area contributed by atoms with E-state index in [2.05, 4.69) is 13.8 Å². The Morgan fingerprint density at radius 3 is 2.78 bits per heavy atom. The number of rotatable bonds is 2. The van der Waals surface area contributed by atoms with E-state index < -0.39 is 12.2 Å². The largest absolute Gasteiger partial charge is 0.430 e. The van der Waals surface area contributed by atoms with Crippen molar-refractivity contribution < 1.29 is 9.53 Å². The number of benzene rings is 1. The monoisotopic (exact) mass is 244 g/mol. The van der Waals surface area contributed by atoms with E-state index >= 15 is 0 Å². The van der Waals surface area contributed by atoms with Crippen LogP contribution >= 0.6 is 0 Å². The zero-order valence-corrected chi connectivity index (χ0v) is 10.6. The summed E-state index contributed by atoms with van der Waals surface area (Å²) >= 11 is 0. The lowest BCUT2D eigenvalue weighted by atomic mass is 10.00. The smallest absolute Gasteiger partial charge is 0.415 e. The number of nitrogens with zero attached hydrogens (tertiary/aromatic N) is 2. The first-order valence-corrected chi connectivity index (χ1v) is 6.10. The molecule has 1 aromatic carbocycles. The van der Waals surface area contributed by atoms with Crippen LogP contribution < -0.4 is 4.90 Å². The maximum atomic E-state index is 11.9. The molecule has 4 nitrogen and oxygen atoms in total. The summed E-state index contributed by atoms with van der Waals surface area (Å²) < 4.78 is 5.06. The van der Waals surface area contributed by atoms with Crippen LogP contribution in [0.1, 0.15) is 31.7 Å². The minimum absolute atomic E-state index is 0.336. The second kappa shape index (κ2) is 5.09. The highest BCUT2D eigenvalue weighted by molar-refractivity contribution is 5.89. The predicted octanol–water partition coefficient (Wildman–Crippen LogP) is 3.05. The Morgan fingerprint density at radius 2 is 2.17 bits per heavy atom. The van der Waals surface area contributed by atoms with Gasteiger partial charge in [0.25, 0.3) is 0 Å². The van der Waals surface area contributed by atoms with E-state index in [-0.39, 0.29) is 0 Å². The van der Waals surface area contributed by atoms with Crippen molar-refractivity contribution in [3.05, 3.63) is 29.8 Å². The molecule has 0 radical (unpaired) electrons. The van der Waals surface area contributed by atoms with Crippen LogP contribution in [0.5, 0.6) is 0 Å². The molecule has 1 saturated heterocycles. The molecule has 1 aliphatic heterocycles. The van der Waals surface area contributed by atoms with E-state index in [4.69, 9.17) is 10.00 Å². The molecule has 0 bridgehead atoms. The number of amides is 1. The second-order valence-corrected chi connectivity index (χ2v) is 4.66. The second-order valence-electron chi connectivity index (χ2n) is 4.66. The standard InChI is InChI=1S/C14H16N2O2/c1-10(2)12-5-3-4-6-13(12)16-8-7-11(9-15)18-14(16)17/h3-6,10-11H,7-8H2,1-2H3. The average Bonchev–Trinajstić information content (AvgIpc) is 2.38. The van der Waals surface area contributed by atoms with Gasteiger partial charge in [-0.2, -0.15) is 5.26 Å². The van der Waals surface area contributed by atoms with Crippen LogP contribution in [-0.2, 0) is 4.74 Å². The van der Waals surface area contributed by atoms with Gasteiger partial charge in [-0.05, 0) is 17.5 Å². The minimum Gasteiger partial charge on any atom is -0.430 e. The number of cyclic esters (lactones) is 1. The summed E-state index contributed by atoms with van der Waals surface area (Å²) in [6.45, 7) is 4.71. The van der Waals surface area contributed by atoms with E-state index in [1.54, 1.807) is 4.90 Å². The highest BCUT2D eigenvalue weighted by atomic mass is 16.6. The SMILES string of the molecule is CC(C)c1ccccc1N1CCC(C#N)OC1=O. The topological polar surface area (TPSA) is 53.3 Å². The van der Waals surface area contributed by atoms with Crippen LogP contribution in [-0.4, -0.2) is 18.7 Å². The molecule has 0 aliphatic carbocycles. The Balaban J connectivity index is 2.28. The lowest BCUT2D eigenvalue weighted by Crippen LogP contribution is -2.42. The van der Waals surface area contributed by atoms with Crippen molar-refractivity contribution in [3.63, 3.8) is 0 Å². The van der Waals surface area contributed by atoms with E-state index in [0.29, 0.717) is 18.9 Å². The van der Waals surface area contributed by atoms with Crippen molar-refractivity contribution in [3.8, 4) is 6.07 Å². The molecule has 2 rings (SSSR count). The zero-order valence-electron chi connectivity index (χ0n) is 10.6. The molecule has 1 amide bonds. The van der Waals surface area contributed by atoms with Gasteiger partial charge in [-0.3, -0.25) is 4.90 Å². The number of carbonyl (C=O) groups is 1. The molecule has 94 valence electrons. The summed E-state index contributed by atoms with van der Waals surface area (Å²) in [4.78, 5) is 13.5. The van der Waals surface area contributed by atoms with Crippen molar-refractivity contribution in [2.45, 2.75) is 32.3 Å². The average molecular weight is 244 g/mol. The molecule has 0 N–H and O–H groups in total. The van der Waals surface area contributed by atoms with Crippen LogP contribution in [0, 0.1) is 11.3 Å². The highest BCUT2D eigenvalue weighted by Crippen LogP contribution is 2.29. The fraction of sp³-hybridized carbons (Fsp3) is 0.429. The van der Waals surface area contributed by atoms with Gasteiger partial charge >= 0.3 is 6.09 Å². The fourth-order valence-corrected chi connectivity index (χ4v) is 2.11. The first-order chi connectivity index (χ1) is 8.63. The Bertz CT molecular complexity index is 491. The summed E-state index contributed by atoms with van der Waals surface area (Å²) in [5.41, 5.74) is 2.00. The number of ether oxygens (including phenoxy) is 1. The lowest BCUT2D eigenvalue weighted by Gasteiger charge is -2.31. The van der Waals surface area contributed by atoms with Gasteiger partial charge in [-0.25, -0.2) is 4.79 Å². The van der Waals surface area contributed by atoms with Crippen molar-refractivity contribution in [2.24, 2.45) is 0 Å². The molecule has 1 fully saturated rings. The van der Waals surface area contributed by atoms with Gasteiger partial charge < -0.3 is 4.74 Å². The van der Waals surface area contributed by atoms with Gasteiger partial charge in [0.15, 0.2) is 6.10 Å². The Morgan fingerprint density at radius 1 is 1.44 bits per heavy atom. The highest BCUT2D eigenvalue weighted by Gasteiger charge is 2.29. The predicted molar refractivity (Wildman–Crippen MR) is 68.4 cm³/mol. The van der Waals surface area contributed by atoms with Gasteiger partial charge in [-0.15, -0.1) is 0 Å². The molecular weight excluding hydrogens is 228 g/mol. The number of hydrogen-bond acceptors (Lipinski definition) is 3. The first kappa shape index (κ1) is 12.4. The van der Waals surface area contributed by atoms with Gasteiger partial charge in [0.05, 0.1) is 5.69 Å². The third-order valence-electron chi connectivity index (χ3n) is 3.07. The Hall–Kier alpha value is -2.02. The molecule has 1 aliphatic rings. The number of nitriles is 1. The lowest BCUT2D eigenvalue weighted by molar-refractivity contribution is 0.111. The van der Waals surface area contributed by atoms with Crippen molar-refractivity contribution in [2.75, 3.05) is 11.4 Å². The van der Waals surface area contributed by atoms with Crippen molar-refractivity contribution in [1.29, 1.82) is 5.26 Å². The summed E-state index contributed by atoms with van der Waals surface area (Å²) in [6, 6.07) is 9.78. The molecule has 4 heteroatoms. The maximum Gasteiger partial charge on any atom is 0.415 e. The Kier molecular flexibility index (Phi) is 3.52. The quantitative estimate of drug-likeness (QED) is 0.803. The molecule has 1 heterocycles. The molecule has 0 spiro atoms. The fourth-order valence-electron chi connectivity index (χ4n) is 2.11. The van der Waals surface area contributed by atoms with Crippen LogP contribution in [0.25, 0.3) is 0 Å². The van der Waals surface area contributed by atoms with Crippen molar-refractivity contribution in [1.82, 2.24) is 0 Å². The van der Waals surface area contributed by atoms with Crippen LogP contribution in [0.15, 0.2) is 24.3 Å². The molecule has 1 unspecified atom stereocenters. The molecule has 1 atom stereocenters. The van der Waals surface area contributed by atoms with Crippen molar-refractivity contribution >= 4 is 11.8 Å². The molecule has 18 heavy (non-hydrogen) atoms. The third kappa shape index (κ3) is 2.30. The Labute approximate surface area is 107 Å². The molecular formula is C14H16N2O2. The minimum atomic E-state index is -0.611. The summed E-state index contributed by atoms with van der Waals surface area (Å²) in [7, 11) is 0. The zero-order chi connectivity index (χ0) is 13.1. The third-order valence-corrected chi connectivity index (χ3v) is 3.07. The number of para-hydroxylation sites is 1. The number of anilines is 1. The van der Waals surface area contributed by atoms with Gasteiger partial charge in [0, 0.05) is 13.0 Å². The van der Waals surface area contributed by atoms with Gasteiger partial charge in [-0.1, -0.05) is 32.0 Å². The maximum absolute atomic E-state index is 11.9. The molecule has 0 saturated carbocycles. The molecule has 1 aromatic rings. The normalized spacial score (nSPS) is 19.6. The van der Waals surface area contributed by atoms with Gasteiger partial charge in [0.2, 0.25) is 0 Å². The van der Waals surface area contributed by atoms with Crippen LogP contribution in [0.4, 0.5) is 10.5 Å². The summed E-state index contributed by atoms with van der Waals surface area (Å²) in [6.07, 6.45) is -0.491. The van der Waals surface area contributed by atoms with Gasteiger partial charge in [0.1, 0.15) is 6.07 Å². The van der Waals surface area contributed by atoms with E-state index in [1.165, 1.54) is 0 Å². The first-order valence-electron chi connectivity index (χ1n) is 6.10. The van der Waals surface area contributed by atoms with E-state index in [0.717, 1.165) is 11.3 Å². The molecule has 0 aromatic heterocycles. The summed E-state index contributed by atoms with van der Waals surface area (Å²) in [5.74, 6) is 0.336. The van der Waals surface area contributed by atoms with E-state index in [1.807, 2.05) is 30.3 Å². The number of carbonyl (C=O) groups excluding carboxylic acids is 1. The summed E-state index contributed by atoms with van der Waals surface area (Å²) in [5, 5.41) is 8.76.